The van der Waals surface area contributed by atoms with Crippen LogP contribution in [0.5, 0.6) is 5.75 Å². The van der Waals surface area contributed by atoms with Crippen LogP contribution < -0.4 is 9.22 Å². The summed E-state index contributed by atoms with van der Waals surface area (Å²) in [4.78, 5) is 10.7. The first-order valence-electron chi connectivity index (χ1n) is 3.95. The van der Waals surface area contributed by atoms with Crippen molar-refractivity contribution in [1.82, 2.24) is 14.7 Å². The van der Waals surface area contributed by atoms with Crippen molar-refractivity contribution in [1.29, 1.82) is 0 Å². The fourth-order valence-corrected chi connectivity index (χ4v) is 0.982. The zero-order chi connectivity index (χ0) is 10.1. The molecule has 0 aromatic carbocycles. The van der Waals surface area contributed by atoms with E-state index in [2.05, 4.69) is 10.2 Å². The third-order valence-corrected chi connectivity index (χ3v) is 1.48. The quantitative estimate of drug-likeness (QED) is 0.539. The molecule has 1 aromatic rings. The summed E-state index contributed by atoms with van der Waals surface area (Å²) in [7, 11) is 5.84. The SMILES string of the molecule is CC(=O)Oc1c[nH]nc1[N+](C)(C)C. The van der Waals surface area contributed by atoms with Gasteiger partial charge in [-0.2, -0.15) is 0 Å². The van der Waals surface area contributed by atoms with Gasteiger partial charge in [-0.25, -0.2) is 0 Å². The van der Waals surface area contributed by atoms with Crippen LogP contribution in [-0.2, 0) is 4.79 Å². The highest BCUT2D eigenvalue weighted by Crippen LogP contribution is 2.26. The van der Waals surface area contributed by atoms with Gasteiger partial charge < -0.3 is 4.74 Å². The Morgan fingerprint density at radius 3 is 2.62 bits per heavy atom. The Bertz CT molecular complexity index is 311. The minimum absolute atomic E-state index is 0.337. The molecule has 5 heteroatoms. The van der Waals surface area contributed by atoms with Crippen LogP contribution in [0.2, 0.25) is 0 Å². The van der Waals surface area contributed by atoms with E-state index in [-0.39, 0.29) is 5.97 Å². The van der Waals surface area contributed by atoms with Crippen LogP contribution in [0.1, 0.15) is 6.92 Å². The van der Waals surface area contributed by atoms with Crippen LogP contribution in [0.4, 0.5) is 5.82 Å². The average Bonchev–Trinajstić information content (AvgIpc) is 2.31. The maximum atomic E-state index is 10.7. The van der Waals surface area contributed by atoms with Gasteiger partial charge in [0.1, 0.15) is 0 Å². The van der Waals surface area contributed by atoms with Crippen molar-refractivity contribution in [3.8, 4) is 5.75 Å². The van der Waals surface area contributed by atoms with Crippen molar-refractivity contribution < 1.29 is 9.53 Å². The number of carbonyl (C=O) groups is 1. The van der Waals surface area contributed by atoms with Gasteiger partial charge in [-0.15, -0.1) is 5.10 Å². The first-order chi connectivity index (χ1) is 5.91. The molecule has 1 aromatic heterocycles. The van der Waals surface area contributed by atoms with Gasteiger partial charge in [0.25, 0.3) is 5.82 Å². The number of hydrogen-bond acceptors (Lipinski definition) is 3. The van der Waals surface area contributed by atoms with E-state index < -0.39 is 0 Å². The summed E-state index contributed by atoms with van der Waals surface area (Å²) >= 11 is 0. The standard InChI is InChI=1S/C8H14N3O2/c1-6(12)13-7-5-9-10-8(7)11(2,3)4/h5H,1-4H3,(H,9,10)/q+1. The number of hydrogen-bond donors (Lipinski definition) is 1. The van der Waals surface area contributed by atoms with Gasteiger partial charge in [0.15, 0.2) is 0 Å². The molecule has 0 unspecified atom stereocenters. The van der Waals surface area contributed by atoms with E-state index in [1.54, 1.807) is 6.20 Å². The van der Waals surface area contributed by atoms with Gasteiger partial charge >= 0.3 is 5.97 Å². The van der Waals surface area contributed by atoms with Gasteiger partial charge in [-0.3, -0.25) is 14.4 Å². The first kappa shape index (κ1) is 9.73. The molecule has 0 aliphatic carbocycles. The monoisotopic (exact) mass is 184 g/mol. The third kappa shape index (κ3) is 2.29. The summed E-state index contributed by atoms with van der Waals surface area (Å²) in [5.74, 6) is 0.853. The molecular formula is C8H14N3O2+. The molecule has 13 heavy (non-hydrogen) atoms. The number of aromatic amines is 1. The maximum absolute atomic E-state index is 10.7. The summed E-state index contributed by atoms with van der Waals surface area (Å²) in [6.07, 6.45) is 1.57. The highest BCUT2D eigenvalue weighted by Gasteiger charge is 2.22. The first-order valence-corrected chi connectivity index (χ1v) is 3.95. The van der Waals surface area contributed by atoms with Crippen molar-refractivity contribution in [3.63, 3.8) is 0 Å². The van der Waals surface area contributed by atoms with Gasteiger partial charge in [0.05, 0.1) is 27.3 Å². The minimum atomic E-state index is -0.337. The van der Waals surface area contributed by atoms with E-state index in [9.17, 15) is 4.79 Å². The van der Waals surface area contributed by atoms with Crippen LogP contribution in [0.15, 0.2) is 6.20 Å². The van der Waals surface area contributed by atoms with Crippen LogP contribution >= 0.6 is 0 Å². The maximum Gasteiger partial charge on any atom is 0.308 e. The van der Waals surface area contributed by atoms with Crippen molar-refractivity contribution in [2.24, 2.45) is 0 Å². The van der Waals surface area contributed by atoms with Crippen molar-refractivity contribution >= 4 is 11.8 Å². The Morgan fingerprint density at radius 1 is 1.54 bits per heavy atom. The molecule has 5 nitrogen and oxygen atoms in total. The average molecular weight is 184 g/mol. The molecule has 0 saturated heterocycles. The molecule has 0 aliphatic rings. The molecule has 0 radical (unpaired) electrons. The van der Waals surface area contributed by atoms with Crippen molar-refractivity contribution in [2.75, 3.05) is 21.1 Å². The van der Waals surface area contributed by atoms with E-state index in [0.29, 0.717) is 16.1 Å². The third-order valence-electron chi connectivity index (χ3n) is 1.48. The smallest absolute Gasteiger partial charge is 0.308 e. The Morgan fingerprint density at radius 2 is 2.15 bits per heavy atom. The largest absolute Gasteiger partial charge is 0.417 e. The number of aromatic nitrogens is 2. The molecule has 0 saturated carbocycles. The molecule has 0 amide bonds. The number of nitrogens with zero attached hydrogens (tertiary/aromatic N) is 2. The fourth-order valence-electron chi connectivity index (χ4n) is 0.982. The number of carbonyl (C=O) groups excluding carboxylic acids is 1. The van der Waals surface area contributed by atoms with Crippen LogP contribution in [0.3, 0.4) is 0 Å². The molecule has 1 heterocycles. The van der Waals surface area contributed by atoms with Gasteiger partial charge in [0, 0.05) is 6.92 Å². The summed E-state index contributed by atoms with van der Waals surface area (Å²) in [5, 5.41) is 6.68. The highest BCUT2D eigenvalue weighted by molar-refractivity contribution is 5.71. The molecule has 0 atom stereocenters. The summed E-state index contributed by atoms with van der Waals surface area (Å²) in [5.41, 5.74) is 0. The lowest BCUT2D eigenvalue weighted by Crippen LogP contribution is -2.35. The number of esters is 1. The Labute approximate surface area is 76.9 Å². The van der Waals surface area contributed by atoms with E-state index in [1.807, 2.05) is 21.1 Å². The second-order valence-corrected chi connectivity index (χ2v) is 3.68. The van der Waals surface area contributed by atoms with E-state index >= 15 is 0 Å². The molecule has 1 rings (SSSR count). The van der Waals surface area contributed by atoms with Gasteiger partial charge in [-0.05, 0) is 0 Å². The van der Waals surface area contributed by atoms with Crippen molar-refractivity contribution in [3.05, 3.63) is 6.20 Å². The zero-order valence-corrected chi connectivity index (χ0v) is 8.29. The predicted molar refractivity (Wildman–Crippen MR) is 49.5 cm³/mol. The summed E-state index contributed by atoms with van der Waals surface area (Å²) in [6, 6.07) is 0. The number of rotatable bonds is 2. The van der Waals surface area contributed by atoms with E-state index in [1.165, 1.54) is 6.92 Å². The van der Waals surface area contributed by atoms with Crippen LogP contribution in [-0.4, -0.2) is 37.3 Å². The number of nitrogens with one attached hydrogen (secondary N) is 1. The Hall–Kier alpha value is -1.36. The predicted octanol–water partition coefficient (Wildman–Crippen LogP) is 0.532. The lowest BCUT2D eigenvalue weighted by Gasteiger charge is -2.20. The minimum Gasteiger partial charge on any atom is -0.417 e. The fraction of sp³-hybridized carbons (Fsp3) is 0.500. The van der Waals surface area contributed by atoms with Gasteiger partial charge in [0.2, 0.25) is 5.75 Å². The lowest BCUT2D eigenvalue weighted by atomic mass is 10.5. The normalized spacial score (nSPS) is 11.4. The summed E-state index contributed by atoms with van der Waals surface area (Å²) < 4.78 is 5.47. The highest BCUT2D eigenvalue weighted by atomic mass is 16.5. The second-order valence-electron chi connectivity index (χ2n) is 3.68. The van der Waals surface area contributed by atoms with Crippen LogP contribution in [0.25, 0.3) is 0 Å². The zero-order valence-electron chi connectivity index (χ0n) is 8.29. The molecule has 0 fully saturated rings. The molecular weight excluding hydrogens is 170 g/mol. The molecule has 0 bridgehead atoms. The van der Waals surface area contributed by atoms with Gasteiger partial charge in [-0.1, -0.05) is 0 Å². The molecule has 0 aliphatic heterocycles. The van der Waals surface area contributed by atoms with E-state index in [4.69, 9.17) is 4.74 Å². The Kier molecular flexibility index (Phi) is 2.38. The topological polar surface area (TPSA) is 55.0 Å². The molecule has 72 valence electrons. The molecule has 1 N–H and O–H groups in total. The second kappa shape index (κ2) is 3.18. The number of ether oxygens (including phenoxy) is 1. The lowest BCUT2D eigenvalue weighted by molar-refractivity contribution is -0.131. The van der Waals surface area contributed by atoms with Crippen LogP contribution in [0, 0.1) is 0 Å². The number of H-pyrrole nitrogens is 1. The number of quaternary nitrogens is 1. The van der Waals surface area contributed by atoms with Crippen molar-refractivity contribution in [2.45, 2.75) is 6.92 Å². The Balaban J connectivity index is 2.96. The molecule has 0 spiro atoms. The van der Waals surface area contributed by atoms with E-state index in [0.717, 1.165) is 0 Å². The summed E-state index contributed by atoms with van der Waals surface area (Å²) in [6.45, 7) is 1.37.